The van der Waals surface area contributed by atoms with Crippen LogP contribution in [0.5, 0.6) is 0 Å². The maximum atomic E-state index is 12.3. The highest BCUT2D eigenvalue weighted by atomic mass is 16.2. The number of likely N-dealkylation sites (tertiary alicyclic amines) is 1. The number of benzene rings is 1. The molecular formula is C16H23N3O2. The number of amides is 2. The number of hydrogen-bond donors (Lipinski definition) is 2. The van der Waals surface area contributed by atoms with Gasteiger partial charge in [0.2, 0.25) is 5.91 Å². The highest BCUT2D eigenvalue weighted by molar-refractivity contribution is 5.97. The second kappa shape index (κ2) is 7.22. The van der Waals surface area contributed by atoms with Crippen LogP contribution >= 0.6 is 0 Å². The first-order chi connectivity index (χ1) is 10.1. The molecule has 1 aromatic carbocycles. The Morgan fingerprint density at radius 2 is 1.95 bits per heavy atom. The predicted octanol–water partition coefficient (Wildman–Crippen LogP) is 1.86. The minimum atomic E-state index is -0.102. The Labute approximate surface area is 125 Å². The Hall–Kier alpha value is -1.88. The third kappa shape index (κ3) is 4.56. The SMILES string of the molecule is CC(C)NCC(=O)Nc1cccc(C(=O)N2CCCC2)c1. The second-order valence-electron chi connectivity index (χ2n) is 5.66. The van der Waals surface area contributed by atoms with Gasteiger partial charge < -0.3 is 15.5 Å². The van der Waals surface area contributed by atoms with Crippen molar-refractivity contribution in [1.82, 2.24) is 10.2 Å². The van der Waals surface area contributed by atoms with Gasteiger partial charge in [-0.05, 0) is 31.0 Å². The van der Waals surface area contributed by atoms with Gasteiger partial charge in [-0.25, -0.2) is 0 Å². The van der Waals surface area contributed by atoms with Crippen molar-refractivity contribution in [2.45, 2.75) is 32.7 Å². The highest BCUT2D eigenvalue weighted by Crippen LogP contribution is 2.16. The zero-order valence-corrected chi connectivity index (χ0v) is 12.7. The molecule has 0 aliphatic carbocycles. The molecule has 21 heavy (non-hydrogen) atoms. The molecule has 2 rings (SSSR count). The average molecular weight is 289 g/mol. The molecule has 1 aliphatic rings. The summed E-state index contributed by atoms with van der Waals surface area (Å²) in [5.41, 5.74) is 1.29. The summed E-state index contributed by atoms with van der Waals surface area (Å²) in [4.78, 5) is 25.9. The minimum absolute atomic E-state index is 0.0453. The number of anilines is 1. The number of hydrogen-bond acceptors (Lipinski definition) is 3. The van der Waals surface area contributed by atoms with Gasteiger partial charge in [-0.2, -0.15) is 0 Å². The first-order valence-electron chi connectivity index (χ1n) is 7.49. The molecule has 0 bridgehead atoms. The number of nitrogens with zero attached hydrogens (tertiary/aromatic N) is 1. The molecular weight excluding hydrogens is 266 g/mol. The molecule has 0 aromatic heterocycles. The normalized spacial score (nSPS) is 14.5. The third-order valence-electron chi connectivity index (χ3n) is 3.46. The van der Waals surface area contributed by atoms with Crippen LogP contribution in [0.3, 0.4) is 0 Å². The van der Waals surface area contributed by atoms with E-state index in [0.717, 1.165) is 25.9 Å². The van der Waals surface area contributed by atoms with Crippen LogP contribution in [0.25, 0.3) is 0 Å². The number of carbonyl (C=O) groups excluding carboxylic acids is 2. The molecule has 1 heterocycles. The van der Waals surface area contributed by atoms with Crippen molar-refractivity contribution in [3.05, 3.63) is 29.8 Å². The molecule has 1 saturated heterocycles. The molecule has 2 amide bonds. The molecule has 5 heteroatoms. The van der Waals surface area contributed by atoms with Gasteiger partial charge in [-0.3, -0.25) is 9.59 Å². The highest BCUT2D eigenvalue weighted by Gasteiger charge is 2.19. The molecule has 114 valence electrons. The van der Waals surface area contributed by atoms with E-state index in [1.807, 2.05) is 18.7 Å². The number of rotatable bonds is 5. The van der Waals surface area contributed by atoms with Crippen molar-refractivity contribution >= 4 is 17.5 Å². The minimum Gasteiger partial charge on any atom is -0.339 e. The van der Waals surface area contributed by atoms with Gasteiger partial charge in [0.1, 0.15) is 0 Å². The first kappa shape index (κ1) is 15.5. The smallest absolute Gasteiger partial charge is 0.253 e. The van der Waals surface area contributed by atoms with E-state index in [2.05, 4.69) is 10.6 Å². The molecule has 1 aromatic rings. The van der Waals surface area contributed by atoms with Crippen molar-refractivity contribution in [3.8, 4) is 0 Å². The van der Waals surface area contributed by atoms with Gasteiger partial charge in [0.05, 0.1) is 6.54 Å². The molecule has 0 saturated carbocycles. The molecule has 0 radical (unpaired) electrons. The lowest BCUT2D eigenvalue weighted by Gasteiger charge is -2.16. The van der Waals surface area contributed by atoms with Crippen LogP contribution in [0.2, 0.25) is 0 Å². The summed E-state index contributed by atoms with van der Waals surface area (Å²) in [6, 6.07) is 7.40. The quantitative estimate of drug-likeness (QED) is 0.870. The monoisotopic (exact) mass is 289 g/mol. The van der Waals surface area contributed by atoms with Crippen molar-refractivity contribution in [1.29, 1.82) is 0 Å². The number of nitrogens with one attached hydrogen (secondary N) is 2. The predicted molar refractivity (Wildman–Crippen MR) is 83.3 cm³/mol. The Bertz CT molecular complexity index is 508. The van der Waals surface area contributed by atoms with Gasteiger partial charge in [-0.1, -0.05) is 19.9 Å². The maximum absolute atomic E-state index is 12.3. The summed E-state index contributed by atoms with van der Waals surface area (Å²) in [6.45, 7) is 5.90. The summed E-state index contributed by atoms with van der Waals surface area (Å²) < 4.78 is 0. The van der Waals surface area contributed by atoms with Crippen LogP contribution in [0.15, 0.2) is 24.3 Å². The van der Waals surface area contributed by atoms with Crippen molar-refractivity contribution < 1.29 is 9.59 Å². The van der Waals surface area contributed by atoms with Crippen LogP contribution in [-0.2, 0) is 4.79 Å². The molecule has 1 fully saturated rings. The van der Waals surface area contributed by atoms with Gasteiger partial charge in [0.25, 0.3) is 5.91 Å². The van der Waals surface area contributed by atoms with E-state index in [4.69, 9.17) is 0 Å². The van der Waals surface area contributed by atoms with E-state index in [0.29, 0.717) is 11.3 Å². The zero-order valence-electron chi connectivity index (χ0n) is 12.7. The fraction of sp³-hybridized carbons (Fsp3) is 0.500. The molecule has 2 N–H and O–H groups in total. The van der Waals surface area contributed by atoms with Crippen LogP contribution < -0.4 is 10.6 Å². The summed E-state index contributed by atoms with van der Waals surface area (Å²) >= 11 is 0. The van der Waals surface area contributed by atoms with Crippen LogP contribution in [0.1, 0.15) is 37.0 Å². The first-order valence-corrected chi connectivity index (χ1v) is 7.49. The van der Waals surface area contributed by atoms with E-state index >= 15 is 0 Å². The van der Waals surface area contributed by atoms with E-state index in [1.54, 1.807) is 24.3 Å². The zero-order chi connectivity index (χ0) is 15.2. The van der Waals surface area contributed by atoms with Crippen molar-refractivity contribution in [2.24, 2.45) is 0 Å². The molecule has 5 nitrogen and oxygen atoms in total. The average Bonchev–Trinajstić information content (AvgIpc) is 2.99. The van der Waals surface area contributed by atoms with Crippen molar-refractivity contribution in [3.63, 3.8) is 0 Å². The van der Waals surface area contributed by atoms with Gasteiger partial charge in [0, 0.05) is 30.4 Å². The maximum Gasteiger partial charge on any atom is 0.253 e. The van der Waals surface area contributed by atoms with Crippen LogP contribution in [-0.4, -0.2) is 42.4 Å². The Morgan fingerprint density at radius 3 is 2.62 bits per heavy atom. The van der Waals surface area contributed by atoms with Crippen LogP contribution in [0, 0.1) is 0 Å². The summed E-state index contributed by atoms with van der Waals surface area (Å²) in [5.74, 6) is -0.0571. The van der Waals surface area contributed by atoms with Gasteiger partial charge in [0.15, 0.2) is 0 Å². The van der Waals surface area contributed by atoms with E-state index in [-0.39, 0.29) is 24.4 Å². The largest absolute Gasteiger partial charge is 0.339 e. The molecule has 0 atom stereocenters. The van der Waals surface area contributed by atoms with Gasteiger partial charge >= 0.3 is 0 Å². The lowest BCUT2D eigenvalue weighted by atomic mass is 10.1. The van der Waals surface area contributed by atoms with Crippen molar-refractivity contribution in [2.75, 3.05) is 25.0 Å². The number of carbonyl (C=O) groups is 2. The standard InChI is InChI=1S/C16H23N3O2/c1-12(2)17-11-15(20)18-14-7-5-6-13(10-14)16(21)19-8-3-4-9-19/h5-7,10,12,17H,3-4,8-9,11H2,1-2H3,(H,18,20). The Morgan fingerprint density at radius 1 is 1.24 bits per heavy atom. The fourth-order valence-corrected chi connectivity index (χ4v) is 2.33. The Kier molecular flexibility index (Phi) is 5.33. The topological polar surface area (TPSA) is 61.4 Å². The Balaban J connectivity index is 1.97. The molecule has 0 spiro atoms. The van der Waals surface area contributed by atoms with E-state index in [1.165, 1.54) is 0 Å². The second-order valence-corrected chi connectivity index (χ2v) is 5.66. The van der Waals surface area contributed by atoms with Crippen LogP contribution in [0.4, 0.5) is 5.69 Å². The lowest BCUT2D eigenvalue weighted by molar-refractivity contribution is -0.115. The van der Waals surface area contributed by atoms with Gasteiger partial charge in [-0.15, -0.1) is 0 Å². The third-order valence-corrected chi connectivity index (χ3v) is 3.46. The fourth-order valence-electron chi connectivity index (χ4n) is 2.33. The summed E-state index contributed by atoms with van der Waals surface area (Å²) in [5, 5.41) is 5.87. The summed E-state index contributed by atoms with van der Waals surface area (Å²) in [6.07, 6.45) is 2.14. The van der Waals surface area contributed by atoms with E-state index in [9.17, 15) is 9.59 Å². The molecule has 1 aliphatic heterocycles. The lowest BCUT2D eigenvalue weighted by Crippen LogP contribution is -2.32. The van der Waals surface area contributed by atoms with E-state index < -0.39 is 0 Å². The summed E-state index contributed by atoms with van der Waals surface area (Å²) in [7, 11) is 0. The molecule has 0 unspecified atom stereocenters.